The lowest BCUT2D eigenvalue weighted by atomic mass is 9.81. The Hall–Kier alpha value is -1.23. The van der Waals surface area contributed by atoms with Crippen molar-refractivity contribution < 1.29 is 14.3 Å². The molecule has 1 heterocycles. The van der Waals surface area contributed by atoms with Gasteiger partial charge in [-0.3, -0.25) is 0 Å². The normalized spacial score (nSPS) is 29.4. The highest BCUT2D eigenvalue weighted by molar-refractivity contribution is 5.55. The van der Waals surface area contributed by atoms with Crippen LogP contribution in [0, 0.1) is 5.92 Å². The Bertz CT molecular complexity index is 470. The Morgan fingerprint density at radius 2 is 2.00 bits per heavy atom. The molecule has 4 nitrogen and oxygen atoms in total. The summed E-state index contributed by atoms with van der Waals surface area (Å²) in [6, 6.07) is 10.6. The number of hydrogen-bond acceptors (Lipinski definition) is 4. The summed E-state index contributed by atoms with van der Waals surface area (Å²) < 4.78 is 11.6. The third-order valence-corrected chi connectivity index (χ3v) is 4.66. The molecule has 1 aromatic carbocycles. The first kappa shape index (κ1) is 14.7. The van der Waals surface area contributed by atoms with Crippen LogP contribution in [-0.4, -0.2) is 31.3 Å². The average molecular weight is 289 g/mol. The highest BCUT2D eigenvalue weighted by atomic mass is 16.7. The molecule has 1 spiro atoms. The van der Waals surface area contributed by atoms with E-state index in [0.29, 0.717) is 13.2 Å². The van der Waals surface area contributed by atoms with Crippen LogP contribution in [0.2, 0.25) is 0 Å². The fraction of sp³-hybridized carbons (Fsp3) is 0.588. The van der Waals surface area contributed by atoms with Gasteiger partial charge in [0.2, 0.25) is 0 Å². The van der Waals surface area contributed by atoms with Gasteiger partial charge in [-0.05, 0) is 18.9 Å². The van der Waals surface area contributed by atoms with Crippen LogP contribution < -0.4 is 5.32 Å². The molecule has 0 aromatic heterocycles. The zero-order chi connectivity index (χ0) is 14.7. The van der Waals surface area contributed by atoms with Gasteiger partial charge in [-0.25, -0.2) is 0 Å². The maximum Gasteiger partial charge on any atom is 0.170 e. The Kier molecular flexibility index (Phi) is 4.38. The molecule has 2 aliphatic rings. The van der Waals surface area contributed by atoms with Gasteiger partial charge in [0.1, 0.15) is 6.29 Å². The molecule has 3 rings (SSSR count). The molecule has 1 aliphatic carbocycles. The predicted octanol–water partition coefficient (Wildman–Crippen LogP) is 2.45. The van der Waals surface area contributed by atoms with Crippen molar-refractivity contribution in [2.24, 2.45) is 5.92 Å². The highest BCUT2D eigenvalue weighted by Gasteiger charge is 2.45. The smallest absolute Gasteiger partial charge is 0.170 e. The van der Waals surface area contributed by atoms with Crippen molar-refractivity contribution in [2.75, 3.05) is 13.2 Å². The van der Waals surface area contributed by atoms with E-state index in [-0.39, 0.29) is 18.0 Å². The van der Waals surface area contributed by atoms with Gasteiger partial charge >= 0.3 is 0 Å². The molecule has 0 unspecified atom stereocenters. The van der Waals surface area contributed by atoms with Crippen LogP contribution in [0.3, 0.4) is 0 Å². The van der Waals surface area contributed by atoms with E-state index in [9.17, 15) is 4.79 Å². The minimum Gasteiger partial charge on any atom is -0.347 e. The SMILES string of the molecule is C[C@@H](N[C@@H]1CC2(CC[C@@H]1C=O)OCCO2)c1ccccc1. The molecule has 4 heteroatoms. The van der Waals surface area contributed by atoms with Crippen LogP contribution in [0.15, 0.2) is 30.3 Å². The van der Waals surface area contributed by atoms with Crippen molar-refractivity contribution in [3.63, 3.8) is 0 Å². The maximum absolute atomic E-state index is 11.4. The van der Waals surface area contributed by atoms with Crippen LogP contribution in [0.25, 0.3) is 0 Å². The first-order chi connectivity index (χ1) is 10.2. The van der Waals surface area contributed by atoms with Gasteiger partial charge in [0, 0.05) is 30.8 Å². The molecule has 21 heavy (non-hydrogen) atoms. The summed E-state index contributed by atoms with van der Waals surface area (Å²) in [5.74, 6) is -0.428. The fourth-order valence-electron chi connectivity index (χ4n) is 3.44. The quantitative estimate of drug-likeness (QED) is 0.865. The van der Waals surface area contributed by atoms with Gasteiger partial charge in [0.05, 0.1) is 13.2 Å². The van der Waals surface area contributed by atoms with Crippen molar-refractivity contribution in [3.8, 4) is 0 Å². The van der Waals surface area contributed by atoms with E-state index in [1.54, 1.807) is 0 Å². The molecule has 1 aliphatic heterocycles. The van der Waals surface area contributed by atoms with Crippen LogP contribution >= 0.6 is 0 Å². The van der Waals surface area contributed by atoms with Gasteiger partial charge in [-0.1, -0.05) is 30.3 Å². The topological polar surface area (TPSA) is 47.6 Å². The molecule has 0 amide bonds. The molecule has 2 fully saturated rings. The Balaban J connectivity index is 1.70. The molecule has 114 valence electrons. The lowest BCUT2D eigenvalue weighted by molar-refractivity contribution is -0.188. The molecule has 1 saturated heterocycles. The number of benzene rings is 1. The number of aldehydes is 1. The molecule has 1 aromatic rings. The molecule has 0 radical (unpaired) electrons. The van der Waals surface area contributed by atoms with Crippen LogP contribution in [0.4, 0.5) is 0 Å². The summed E-state index contributed by atoms with van der Waals surface area (Å²) in [4.78, 5) is 11.4. The molecule has 1 saturated carbocycles. The number of nitrogens with one attached hydrogen (secondary N) is 1. The Labute approximate surface area is 125 Å². The lowest BCUT2D eigenvalue weighted by Crippen LogP contribution is -2.50. The first-order valence-corrected chi connectivity index (χ1v) is 7.77. The van der Waals surface area contributed by atoms with Crippen molar-refractivity contribution in [2.45, 2.75) is 44.1 Å². The van der Waals surface area contributed by atoms with Gasteiger partial charge < -0.3 is 19.6 Å². The molecular formula is C17H23NO3. The van der Waals surface area contributed by atoms with Crippen molar-refractivity contribution >= 4 is 6.29 Å². The highest BCUT2D eigenvalue weighted by Crippen LogP contribution is 2.38. The summed E-state index contributed by atoms with van der Waals surface area (Å²) in [6.45, 7) is 3.45. The number of ether oxygens (including phenoxy) is 2. The first-order valence-electron chi connectivity index (χ1n) is 7.77. The zero-order valence-electron chi connectivity index (χ0n) is 12.5. The Morgan fingerprint density at radius 3 is 2.67 bits per heavy atom. The number of carbonyl (C=O) groups is 1. The van der Waals surface area contributed by atoms with E-state index in [1.807, 2.05) is 18.2 Å². The van der Waals surface area contributed by atoms with Crippen molar-refractivity contribution in [1.29, 1.82) is 0 Å². The van der Waals surface area contributed by atoms with Gasteiger partial charge in [0.25, 0.3) is 0 Å². The van der Waals surface area contributed by atoms with E-state index in [1.165, 1.54) is 5.56 Å². The summed E-state index contributed by atoms with van der Waals surface area (Å²) in [7, 11) is 0. The van der Waals surface area contributed by atoms with Crippen LogP contribution in [0.5, 0.6) is 0 Å². The average Bonchev–Trinajstić information content (AvgIpc) is 2.96. The number of rotatable bonds is 4. The molecule has 3 atom stereocenters. The molecule has 0 bridgehead atoms. The summed E-state index contributed by atoms with van der Waals surface area (Å²) in [5.41, 5.74) is 1.23. The van der Waals surface area contributed by atoms with Crippen LogP contribution in [0.1, 0.15) is 37.8 Å². The largest absolute Gasteiger partial charge is 0.347 e. The molecular weight excluding hydrogens is 266 g/mol. The molecule has 1 N–H and O–H groups in total. The third-order valence-electron chi connectivity index (χ3n) is 4.66. The van der Waals surface area contributed by atoms with Gasteiger partial charge in [-0.15, -0.1) is 0 Å². The van der Waals surface area contributed by atoms with E-state index < -0.39 is 5.79 Å². The maximum atomic E-state index is 11.4. The number of carbonyl (C=O) groups excluding carboxylic acids is 1. The summed E-state index contributed by atoms with van der Waals surface area (Å²) >= 11 is 0. The minimum atomic E-state index is -0.465. The monoisotopic (exact) mass is 289 g/mol. The lowest BCUT2D eigenvalue weighted by Gasteiger charge is -2.40. The third kappa shape index (κ3) is 3.18. The van der Waals surface area contributed by atoms with Gasteiger partial charge in [0.15, 0.2) is 5.79 Å². The van der Waals surface area contributed by atoms with E-state index >= 15 is 0 Å². The number of hydrogen-bond donors (Lipinski definition) is 1. The van der Waals surface area contributed by atoms with E-state index in [2.05, 4.69) is 24.4 Å². The standard InChI is InChI=1S/C17H23NO3/c1-13(14-5-3-2-4-6-14)18-16-11-17(20-9-10-21-17)8-7-15(16)12-19/h2-6,12-13,15-16,18H,7-11H2,1H3/t13-,15-,16-/m1/s1. The van der Waals surface area contributed by atoms with E-state index in [0.717, 1.165) is 25.5 Å². The van der Waals surface area contributed by atoms with Crippen molar-refractivity contribution in [3.05, 3.63) is 35.9 Å². The second-order valence-corrected chi connectivity index (χ2v) is 6.06. The summed E-state index contributed by atoms with van der Waals surface area (Å²) in [5, 5.41) is 3.60. The van der Waals surface area contributed by atoms with E-state index in [4.69, 9.17) is 9.47 Å². The predicted molar refractivity (Wildman–Crippen MR) is 79.8 cm³/mol. The second-order valence-electron chi connectivity index (χ2n) is 6.06. The fourth-order valence-corrected chi connectivity index (χ4v) is 3.44. The Morgan fingerprint density at radius 1 is 1.29 bits per heavy atom. The van der Waals surface area contributed by atoms with Crippen molar-refractivity contribution in [1.82, 2.24) is 5.32 Å². The zero-order valence-corrected chi connectivity index (χ0v) is 12.5. The second kappa shape index (κ2) is 6.26. The van der Waals surface area contributed by atoms with Gasteiger partial charge in [-0.2, -0.15) is 0 Å². The summed E-state index contributed by atoms with van der Waals surface area (Å²) in [6.07, 6.45) is 3.46. The minimum absolute atomic E-state index is 0.0367. The van der Waals surface area contributed by atoms with Crippen LogP contribution in [-0.2, 0) is 14.3 Å².